The predicted octanol–water partition coefficient (Wildman–Crippen LogP) is 4.37. The van der Waals surface area contributed by atoms with E-state index < -0.39 is 23.6 Å². The molecular weight excluding hydrogens is 513 g/mol. The number of hydrogen-bond acceptors (Lipinski definition) is 10. The van der Waals surface area contributed by atoms with Crippen LogP contribution in [0.5, 0.6) is 28.7 Å². The average molecular weight is 546 g/mol. The molecule has 0 aliphatic carbocycles. The van der Waals surface area contributed by atoms with Crippen molar-refractivity contribution in [2.45, 2.75) is 19.6 Å². The molecule has 0 aliphatic heterocycles. The van der Waals surface area contributed by atoms with Gasteiger partial charge in [0, 0.05) is 18.3 Å². The van der Waals surface area contributed by atoms with E-state index in [4.69, 9.17) is 32.5 Å². The smallest absolute Gasteiger partial charge is 0.496 e. The molecule has 11 nitrogen and oxygen atoms in total. The van der Waals surface area contributed by atoms with Crippen molar-refractivity contribution in [1.29, 1.82) is 0 Å². The summed E-state index contributed by atoms with van der Waals surface area (Å²) >= 11 is 0. The molecule has 0 heterocycles. The average Bonchev–Trinajstić information content (AvgIpc) is 2.83. The molecule has 0 bridgehead atoms. The first-order valence-corrected chi connectivity index (χ1v) is 14.0. The number of ether oxygens (including phenoxy) is 4. The fourth-order valence-electron chi connectivity index (χ4n) is 3.09. The van der Waals surface area contributed by atoms with Crippen LogP contribution in [-0.2, 0) is 29.4 Å². The molecule has 0 saturated heterocycles. The maximum atomic E-state index is 12.8. The zero-order chi connectivity index (χ0) is 26.8. The number of nitrogens with one attached hydrogen (secondary N) is 1. The van der Waals surface area contributed by atoms with Crippen molar-refractivity contribution < 1.29 is 45.5 Å². The first-order valence-electron chi connectivity index (χ1n) is 10.9. The molecule has 2 rings (SSSR count). The third kappa shape index (κ3) is 8.06. The van der Waals surface area contributed by atoms with Crippen molar-refractivity contribution in [3.8, 4) is 28.7 Å². The van der Waals surface area contributed by atoms with Crippen LogP contribution in [0.25, 0.3) is 6.08 Å². The molecule has 0 aliphatic rings. The Morgan fingerprint density at radius 3 is 1.92 bits per heavy atom. The van der Waals surface area contributed by atoms with Crippen molar-refractivity contribution in [2.24, 2.45) is 0 Å². The molecule has 36 heavy (non-hydrogen) atoms. The Labute approximate surface area is 211 Å². The fraction of sp³-hybridized carbons (Fsp3) is 0.391. The zero-order valence-electron chi connectivity index (χ0n) is 21.1. The van der Waals surface area contributed by atoms with E-state index in [2.05, 4.69) is 4.72 Å². The first kappa shape index (κ1) is 29.3. The number of hydrogen-bond donors (Lipinski definition) is 1. The predicted molar refractivity (Wildman–Crippen MR) is 135 cm³/mol. The van der Waals surface area contributed by atoms with Gasteiger partial charge in [-0.05, 0) is 37.6 Å². The van der Waals surface area contributed by atoms with Gasteiger partial charge in [-0.1, -0.05) is 6.07 Å². The summed E-state index contributed by atoms with van der Waals surface area (Å²) < 4.78 is 77.6. The molecule has 1 N–H and O–H groups in total. The Kier molecular flexibility index (Phi) is 10.9. The lowest BCUT2D eigenvalue weighted by Crippen LogP contribution is -2.19. The highest BCUT2D eigenvalue weighted by atomic mass is 32.2. The van der Waals surface area contributed by atoms with Gasteiger partial charge in [-0.25, -0.2) is 13.0 Å². The molecule has 13 heteroatoms. The molecule has 0 fully saturated rings. The number of phosphoric acid groups is 1. The molecule has 0 spiro atoms. The van der Waals surface area contributed by atoms with Gasteiger partial charge < -0.3 is 23.5 Å². The highest BCUT2D eigenvalue weighted by Gasteiger charge is 2.29. The summed E-state index contributed by atoms with van der Waals surface area (Å²) in [6.07, 6.45) is 2.78. The van der Waals surface area contributed by atoms with Crippen molar-refractivity contribution in [2.75, 3.05) is 41.7 Å². The van der Waals surface area contributed by atoms with Gasteiger partial charge in [0.05, 0.1) is 53.0 Å². The molecule has 200 valence electrons. The maximum absolute atomic E-state index is 12.8. The summed E-state index contributed by atoms with van der Waals surface area (Å²) in [5, 5.41) is 0. The largest absolute Gasteiger partial charge is 0.530 e. The molecule has 2 aromatic rings. The Balaban J connectivity index is 2.25. The van der Waals surface area contributed by atoms with E-state index in [0.717, 1.165) is 0 Å². The Hall–Kier alpha value is -2.92. The maximum Gasteiger partial charge on any atom is 0.530 e. The van der Waals surface area contributed by atoms with Gasteiger partial charge in [0.1, 0.15) is 17.2 Å². The van der Waals surface area contributed by atoms with E-state index in [-0.39, 0.29) is 24.7 Å². The van der Waals surface area contributed by atoms with Crippen LogP contribution in [-0.4, -0.2) is 50.1 Å². The summed E-state index contributed by atoms with van der Waals surface area (Å²) in [4.78, 5) is 0. The number of phosphoric ester groups is 1. The SMILES string of the molecule is CCOP(=O)(OCC)Oc1cc(CS(=O)(=O)N/C=C/c2c(OC)cc(OC)cc2OC)ccc1OC. The number of rotatable bonds is 15. The Morgan fingerprint density at radius 2 is 1.42 bits per heavy atom. The fourth-order valence-corrected chi connectivity index (χ4v) is 5.26. The van der Waals surface area contributed by atoms with E-state index in [9.17, 15) is 13.0 Å². The van der Waals surface area contributed by atoms with E-state index in [0.29, 0.717) is 28.4 Å². The monoisotopic (exact) mass is 545 g/mol. The third-order valence-corrected chi connectivity index (χ3v) is 7.40. The van der Waals surface area contributed by atoms with E-state index >= 15 is 0 Å². The molecule has 0 unspecified atom stereocenters. The second kappa shape index (κ2) is 13.4. The van der Waals surface area contributed by atoms with Gasteiger partial charge in [0.15, 0.2) is 11.5 Å². The Morgan fingerprint density at radius 1 is 0.833 bits per heavy atom. The minimum atomic E-state index is -3.91. The molecule has 2 aromatic carbocycles. The van der Waals surface area contributed by atoms with Gasteiger partial charge in [-0.15, -0.1) is 0 Å². The van der Waals surface area contributed by atoms with Gasteiger partial charge in [-0.3, -0.25) is 13.8 Å². The van der Waals surface area contributed by atoms with E-state index in [1.54, 1.807) is 32.0 Å². The van der Waals surface area contributed by atoms with Gasteiger partial charge in [-0.2, -0.15) is 0 Å². The van der Waals surface area contributed by atoms with Gasteiger partial charge in [0.2, 0.25) is 10.0 Å². The van der Waals surface area contributed by atoms with Crippen molar-refractivity contribution in [3.05, 3.63) is 47.7 Å². The zero-order valence-corrected chi connectivity index (χ0v) is 22.8. The van der Waals surface area contributed by atoms with Gasteiger partial charge in [0.25, 0.3) is 0 Å². The minimum absolute atomic E-state index is 0.0266. The molecule has 0 saturated carbocycles. The van der Waals surface area contributed by atoms with Gasteiger partial charge >= 0.3 is 7.82 Å². The summed E-state index contributed by atoms with van der Waals surface area (Å²) in [5.41, 5.74) is 0.872. The summed E-state index contributed by atoms with van der Waals surface area (Å²) in [6.45, 7) is 3.47. The third-order valence-electron chi connectivity index (χ3n) is 4.62. The summed E-state index contributed by atoms with van der Waals surface area (Å²) in [5.74, 6) is 1.26. The van der Waals surface area contributed by atoms with E-state index in [1.165, 1.54) is 52.8 Å². The highest BCUT2D eigenvalue weighted by Crippen LogP contribution is 2.51. The quantitative estimate of drug-likeness (QED) is 0.322. The molecule has 0 radical (unpaired) electrons. The lowest BCUT2D eigenvalue weighted by molar-refractivity contribution is 0.166. The van der Waals surface area contributed by atoms with Crippen LogP contribution in [0.1, 0.15) is 25.0 Å². The molecule has 0 atom stereocenters. The van der Waals surface area contributed by atoms with E-state index in [1.807, 2.05) is 0 Å². The summed E-state index contributed by atoms with van der Waals surface area (Å²) in [7, 11) is -1.87. The topological polar surface area (TPSA) is 128 Å². The molecule has 0 amide bonds. The molecular formula is C23H32NO10PS. The number of methoxy groups -OCH3 is 4. The van der Waals surface area contributed by atoms with Crippen LogP contribution in [0.15, 0.2) is 36.5 Å². The first-order chi connectivity index (χ1) is 17.1. The van der Waals surface area contributed by atoms with Crippen LogP contribution in [0, 0.1) is 0 Å². The lowest BCUT2D eigenvalue weighted by atomic mass is 10.1. The van der Waals surface area contributed by atoms with Crippen LogP contribution in [0.2, 0.25) is 0 Å². The number of sulfonamides is 1. The normalized spacial score (nSPS) is 11.8. The molecule has 0 aromatic heterocycles. The van der Waals surface area contributed by atoms with Crippen LogP contribution >= 0.6 is 7.82 Å². The second-order valence-corrected chi connectivity index (χ2v) is 10.4. The van der Waals surface area contributed by atoms with Crippen LogP contribution < -0.4 is 28.2 Å². The standard InChI is InChI=1S/C23H32NO10PS/c1-7-32-35(25,33-8-2)34-23-13-17(9-10-20(23)29-4)16-36(26,27)24-12-11-19-21(30-5)14-18(28-3)15-22(19)31-6/h9-15,24H,7-8,16H2,1-6H3/b12-11+. The second-order valence-electron chi connectivity index (χ2n) is 7.02. The Bertz CT molecular complexity index is 1160. The van der Waals surface area contributed by atoms with Crippen molar-refractivity contribution in [3.63, 3.8) is 0 Å². The minimum Gasteiger partial charge on any atom is -0.496 e. The summed E-state index contributed by atoms with van der Waals surface area (Å²) in [6, 6.07) is 7.77. The van der Waals surface area contributed by atoms with Crippen molar-refractivity contribution in [1.82, 2.24) is 4.72 Å². The highest BCUT2D eigenvalue weighted by molar-refractivity contribution is 7.88. The van der Waals surface area contributed by atoms with Crippen LogP contribution in [0.3, 0.4) is 0 Å². The lowest BCUT2D eigenvalue weighted by Gasteiger charge is -2.19. The number of benzene rings is 2. The van der Waals surface area contributed by atoms with Crippen LogP contribution in [0.4, 0.5) is 0 Å². The van der Waals surface area contributed by atoms with Crippen molar-refractivity contribution >= 4 is 23.9 Å².